The van der Waals surface area contributed by atoms with Crippen LogP contribution >= 0.6 is 0 Å². The molecule has 0 bridgehead atoms. The number of hydrogen-bond acceptors (Lipinski definition) is 3. The summed E-state index contributed by atoms with van der Waals surface area (Å²) in [6.45, 7) is 0.626. The number of benzene rings is 1. The summed E-state index contributed by atoms with van der Waals surface area (Å²) < 4.78 is 26.0. The fourth-order valence-electron chi connectivity index (χ4n) is 0.959. The molecule has 0 aliphatic heterocycles. The quantitative estimate of drug-likeness (QED) is 0.616. The van der Waals surface area contributed by atoms with Crippen LogP contribution in [0.4, 0.5) is 20.2 Å². The van der Waals surface area contributed by atoms with Crippen LogP contribution in [0.25, 0.3) is 0 Å². The first-order valence-electron chi connectivity index (χ1n) is 3.83. The van der Waals surface area contributed by atoms with Crippen LogP contribution in [-0.4, -0.2) is 13.1 Å². The predicted octanol–water partition coefficient (Wildman–Crippen LogP) is 0.918. The van der Waals surface area contributed by atoms with Crippen LogP contribution < -0.4 is 16.8 Å². The first kappa shape index (κ1) is 9.73. The van der Waals surface area contributed by atoms with Gasteiger partial charge in [-0.05, 0) is 12.1 Å². The average Bonchev–Trinajstić information content (AvgIpc) is 2.02. The van der Waals surface area contributed by atoms with Crippen molar-refractivity contribution in [2.24, 2.45) is 5.73 Å². The highest BCUT2D eigenvalue weighted by Gasteiger charge is 2.08. The van der Waals surface area contributed by atoms with E-state index in [9.17, 15) is 8.78 Å². The minimum Gasteiger partial charge on any atom is -0.399 e. The van der Waals surface area contributed by atoms with Crippen molar-refractivity contribution < 1.29 is 8.78 Å². The molecule has 5 heteroatoms. The van der Waals surface area contributed by atoms with Crippen LogP contribution in [0.1, 0.15) is 0 Å². The summed E-state index contributed by atoms with van der Waals surface area (Å²) >= 11 is 0. The van der Waals surface area contributed by atoms with Gasteiger partial charge in [0, 0.05) is 18.8 Å². The Kier molecular flexibility index (Phi) is 3.02. The molecule has 0 heterocycles. The molecule has 0 aliphatic rings. The van der Waals surface area contributed by atoms with Gasteiger partial charge in [0.2, 0.25) is 0 Å². The summed E-state index contributed by atoms with van der Waals surface area (Å²) in [5, 5.41) is 2.53. The molecule has 1 rings (SSSR count). The number of rotatable bonds is 3. The van der Waals surface area contributed by atoms with Gasteiger partial charge in [0.1, 0.15) is 5.69 Å². The Hall–Kier alpha value is -1.36. The molecular weight excluding hydrogens is 176 g/mol. The second-order valence-corrected chi connectivity index (χ2v) is 2.58. The molecule has 1 aromatic rings. The smallest absolute Gasteiger partial charge is 0.151 e. The topological polar surface area (TPSA) is 64.1 Å². The van der Waals surface area contributed by atoms with E-state index in [2.05, 4.69) is 5.32 Å². The van der Waals surface area contributed by atoms with Crippen LogP contribution in [0.2, 0.25) is 0 Å². The first-order valence-corrected chi connectivity index (χ1v) is 3.83. The largest absolute Gasteiger partial charge is 0.399 e. The molecule has 0 radical (unpaired) electrons. The van der Waals surface area contributed by atoms with Crippen LogP contribution in [0.15, 0.2) is 12.1 Å². The SMILES string of the molecule is NCCNc1c(F)cc(N)cc1F. The molecular formula is C8H11F2N3. The third kappa shape index (κ3) is 2.29. The highest BCUT2D eigenvalue weighted by molar-refractivity contribution is 5.53. The number of hydrogen-bond donors (Lipinski definition) is 3. The molecule has 3 nitrogen and oxygen atoms in total. The number of nitrogen functional groups attached to an aromatic ring is 1. The van der Waals surface area contributed by atoms with E-state index in [4.69, 9.17) is 11.5 Å². The van der Waals surface area contributed by atoms with E-state index >= 15 is 0 Å². The van der Waals surface area contributed by atoms with E-state index in [-0.39, 0.29) is 11.4 Å². The second kappa shape index (κ2) is 4.04. The van der Waals surface area contributed by atoms with Crippen molar-refractivity contribution in [1.82, 2.24) is 0 Å². The van der Waals surface area contributed by atoms with Gasteiger partial charge in [-0.3, -0.25) is 0 Å². The highest BCUT2D eigenvalue weighted by Crippen LogP contribution is 2.21. The lowest BCUT2D eigenvalue weighted by molar-refractivity contribution is 0.589. The lowest BCUT2D eigenvalue weighted by Crippen LogP contribution is -2.15. The van der Waals surface area contributed by atoms with Crippen molar-refractivity contribution in [2.45, 2.75) is 0 Å². The summed E-state index contributed by atoms with van der Waals surface area (Å²) in [7, 11) is 0. The van der Waals surface area contributed by atoms with E-state index < -0.39 is 11.6 Å². The predicted molar refractivity (Wildman–Crippen MR) is 48.3 cm³/mol. The van der Waals surface area contributed by atoms with Crippen LogP contribution in [0, 0.1) is 11.6 Å². The summed E-state index contributed by atoms with van der Waals surface area (Å²) in [6, 6.07) is 2.11. The van der Waals surface area contributed by atoms with Gasteiger partial charge in [0.15, 0.2) is 11.6 Å². The summed E-state index contributed by atoms with van der Waals surface area (Å²) in [5.74, 6) is -1.41. The third-order valence-corrected chi connectivity index (χ3v) is 1.51. The lowest BCUT2D eigenvalue weighted by atomic mass is 10.2. The van der Waals surface area contributed by atoms with Gasteiger partial charge in [0.05, 0.1) is 0 Å². The minimum atomic E-state index is -0.703. The van der Waals surface area contributed by atoms with Crippen LogP contribution in [0.5, 0.6) is 0 Å². The van der Waals surface area contributed by atoms with E-state index in [0.717, 1.165) is 12.1 Å². The maximum Gasteiger partial charge on any atom is 0.151 e. The average molecular weight is 187 g/mol. The summed E-state index contributed by atoms with van der Waals surface area (Å²) in [6.07, 6.45) is 0. The zero-order chi connectivity index (χ0) is 9.84. The zero-order valence-electron chi connectivity index (χ0n) is 6.98. The normalized spacial score (nSPS) is 10.1. The van der Waals surface area contributed by atoms with Crippen molar-refractivity contribution in [3.63, 3.8) is 0 Å². The van der Waals surface area contributed by atoms with E-state index in [0.29, 0.717) is 13.1 Å². The molecule has 13 heavy (non-hydrogen) atoms. The summed E-state index contributed by atoms with van der Waals surface area (Å²) in [5.41, 5.74) is 10.3. The van der Waals surface area contributed by atoms with Crippen molar-refractivity contribution in [2.75, 3.05) is 24.1 Å². The Morgan fingerprint density at radius 3 is 2.23 bits per heavy atom. The Labute approximate surface area is 74.7 Å². The highest BCUT2D eigenvalue weighted by atomic mass is 19.1. The molecule has 5 N–H and O–H groups in total. The molecule has 0 atom stereocenters. The van der Waals surface area contributed by atoms with Gasteiger partial charge in [0.25, 0.3) is 0 Å². The van der Waals surface area contributed by atoms with E-state index in [1.54, 1.807) is 0 Å². The van der Waals surface area contributed by atoms with E-state index in [1.165, 1.54) is 0 Å². The summed E-state index contributed by atoms with van der Waals surface area (Å²) in [4.78, 5) is 0. The number of nitrogens with two attached hydrogens (primary N) is 2. The molecule has 0 spiro atoms. The van der Waals surface area contributed by atoms with Crippen LogP contribution in [0.3, 0.4) is 0 Å². The Morgan fingerprint density at radius 2 is 1.77 bits per heavy atom. The number of nitrogens with one attached hydrogen (secondary N) is 1. The molecule has 0 aromatic heterocycles. The molecule has 0 amide bonds. The second-order valence-electron chi connectivity index (χ2n) is 2.58. The number of halogens is 2. The maximum atomic E-state index is 13.0. The van der Waals surface area contributed by atoms with Crippen molar-refractivity contribution >= 4 is 11.4 Å². The maximum absolute atomic E-state index is 13.0. The zero-order valence-corrected chi connectivity index (χ0v) is 6.98. The third-order valence-electron chi connectivity index (χ3n) is 1.51. The Bertz CT molecular complexity index is 278. The lowest BCUT2D eigenvalue weighted by Gasteiger charge is -2.07. The molecule has 72 valence electrons. The standard InChI is InChI=1S/C8H11F2N3/c9-6-3-5(12)4-7(10)8(6)13-2-1-11/h3-4,13H,1-2,11-12H2. The van der Waals surface area contributed by atoms with Crippen molar-refractivity contribution in [3.8, 4) is 0 Å². The van der Waals surface area contributed by atoms with Gasteiger partial charge >= 0.3 is 0 Å². The fraction of sp³-hybridized carbons (Fsp3) is 0.250. The molecule has 0 unspecified atom stereocenters. The number of anilines is 2. The first-order chi connectivity index (χ1) is 6.15. The Morgan fingerprint density at radius 1 is 1.23 bits per heavy atom. The fourth-order valence-corrected chi connectivity index (χ4v) is 0.959. The van der Waals surface area contributed by atoms with Gasteiger partial charge in [-0.25, -0.2) is 8.78 Å². The monoisotopic (exact) mass is 187 g/mol. The van der Waals surface area contributed by atoms with Crippen molar-refractivity contribution in [1.29, 1.82) is 0 Å². The van der Waals surface area contributed by atoms with Gasteiger partial charge in [-0.15, -0.1) is 0 Å². The Balaban J connectivity index is 2.92. The van der Waals surface area contributed by atoms with E-state index in [1.807, 2.05) is 0 Å². The van der Waals surface area contributed by atoms with Gasteiger partial charge in [-0.2, -0.15) is 0 Å². The molecule has 0 fully saturated rings. The molecule has 0 saturated heterocycles. The molecule has 0 aliphatic carbocycles. The van der Waals surface area contributed by atoms with Crippen molar-refractivity contribution in [3.05, 3.63) is 23.8 Å². The van der Waals surface area contributed by atoms with Gasteiger partial charge in [-0.1, -0.05) is 0 Å². The molecule has 0 saturated carbocycles. The van der Waals surface area contributed by atoms with Crippen LogP contribution in [-0.2, 0) is 0 Å². The van der Waals surface area contributed by atoms with Gasteiger partial charge < -0.3 is 16.8 Å². The minimum absolute atomic E-state index is 0.0632. The molecule has 1 aromatic carbocycles.